The van der Waals surface area contributed by atoms with E-state index in [9.17, 15) is 13.2 Å². The fraction of sp³-hybridized carbons (Fsp3) is 0.462. The van der Waals surface area contributed by atoms with Gasteiger partial charge < -0.3 is 19.7 Å². The van der Waals surface area contributed by atoms with Crippen LogP contribution in [0.1, 0.15) is 32.0 Å². The zero-order valence-corrected chi connectivity index (χ0v) is 22.2. The van der Waals surface area contributed by atoms with Gasteiger partial charge in [0, 0.05) is 51.6 Å². The highest BCUT2D eigenvalue weighted by Gasteiger charge is 2.40. The van der Waals surface area contributed by atoms with Crippen LogP contribution in [0, 0.1) is 0 Å². The third-order valence-electron chi connectivity index (χ3n) is 6.06. The van der Waals surface area contributed by atoms with Crippen molar-refractivity contribution in [2.75, 3.05) is 56.7 Å². The molecule has 200 valence electrons. The standard InChI is InChI=1S/C26H32F3N5O2S/c1-25(2,3)18-8-5-6-10-20(18)36-22-19(9-7-11-30-22)31-24-32-21(26(27,28)29)23(37-24)34-14-12-33(13-15-34)16-17-35-4/h5-11H,12-17H2,1-4H3,(H,31,32). The molecule has 3 aromatic rings. The highest BCUT2D eigenvalue weighted by Crippen LogP contribution is 2.44. The lowest BCUT2D eigenvalue weighted by Crippen LogP contribution is -2.47. The Labute approximate surface area is 219 Å². The number of halogens is 3. The van der Waals surface area contributed by atoms with Gasteiger partial charge in [-0.25, -0.2) is 9.97 Å². The second kappa shape index (κ2) is 11.2. The Kier molecular flexibility index (Phi) is 8.25. The Morgan fingerprint density at radius 3 is 2.43 bits per heavy atom. The average molecular weight is 536 g/mol. The Hall–Kier alpha value is -2.89. The molecule has 0 bridgehead atoms. The van der Waals surface area contributed by atoms with E-state index in [0.717, 1.165) is 23.4 Å². The van der Waals surface area contributed by atoms with E-state index in [2.05, 4.69) is 41.0 Å². The highest BCUT2D eigenvalue weighted by molar-refractivity contribution is 7.19. The molecular weight excluding hydrogens is 503 g/mol. The highest BCUT2D eigenvalue weighted by atomic mass is 32.1. The van der Waals surface area contributed by atoms with E-state index in [4.69, 9.17) is 9.47 Å². The van der Waals surface area contributed by atoms with Crippen molar-refractivity contribution < 1.29 is 22.6 Å². The summed E-state index contributed by atoms with van der Waals surface area (Å²) in [6.45, 7) is 9.90. The van der Waals surface area contributed by atoms with Crippen LogP contribution in [0.25, 0.3) is 0 Å². The molecule has 4 rings (SSSR count). The lowest BCUT2D eigenvalue weighted by atomic mass is 9.86. The molecule has 1 aliphatic heterocycles. The van der Waals surface area contributed by atoms with Crippen molar-refractivity contribution in [1.82, 2.24) is 14.9 Å². The number of nitrogens with zero attached hydrogens (tertiary/aromatic N) is 4. The predicted octanol–water partition coefficient (Wildman–Crippen LogP) is 6.16. The van der Waals surface area contributed by atoms with Gasteiger partial charge in [0.25, 0.3) is 0 Å². The summed E-state index contributed by atoms with van der Waals surface area (Å²) in [7, 11) is 1.64. The van der Waals surface area contributed by atoms with Crippen LogP contribution >= 0.6 is 11.3 Å². The lowest BCUT2D eigenvalue weighted by Gasteiger charge is -2.35. The second-order valence-electron chi connectivity index (χ2n) is 9.82. The van der Waals surface area contributed by atoms with Crippen molar-refractivity contribution in [2.24, 2.45) is 0 Å². The normalized spacial score (nSPS) is 15.2. The molecule has 2 aromatic heterocycles. The van der Waals surface area contributed by atoms with E-state index in [1.165, 1.54) is 0 Å². The Morgan fingerprint density at radius 2 is 1.76 bits per heavy atom. The van der Waals surface area contributed by atoms with Crippen molar-refractivity contribution in [3.63, 3.8) is 0 Å². The summed E-state index contributed by atoms with van der Waals surface area (Å²) in [5.74, 6) is 0.898. The van der Waals surface area contributed by atoms with Crippen LogP contribution in [0.3, 0.4) is 0 Å². The van der Waals surface area contributed by atoms with Crippen LogP contribution in [0.5, 0.6) is 11.6 Å². The maximum atomic E-state index is 13.9. The first kappa shape index (κ1) is 27.2. The van der Waals surface area contributed by atoms with E-state index in [1.807, 2.05) is 24.3 Å². The van der Waals surface area contributed by atoms with Crippen LogP contribution in [0.2, 0.25) is 0 Å². The number of aromatic nitrogens is 2. The maximum Gasteiger partial charge on any atom is 0.436 e. The number of pyridine rings is 1. The molecule has 1 aromatic carbocycles. The first-order chi connectivity index (χ1) is 17.6. The Morgan fingerprint density at radius 1 is 1.03 bits per heavy atom. The molecule has 11 heteroatoms. The minimum atomic E-state index is -4.57. The minimum Gasteiger partial charge on any atom is -0.437 e. The molecule has 0 aliphatic carbocycles. The quantitative estimate of drug-likeness (QED) is 0.371. The number of alkyl halides is 3. The number of methoxy groups -OCH3 is 1. The molecule has 0 unspecified atom stereocenters. The van der Waals surface area contributed by atoms with Crippen LogP contribution in [0.15, 0.2) is 42.6 Å². The van der Waals surface area contributed by atoms with Gasteiger partial charge in [0.05, 0.1) is 6.61 Å². The number of anilines is 3. The second-order valence-corrected chi connectivity index (χ2v) is 10.8. The molecule has 0 spiro atoms. The number of hydrogen-bond acceptors (Lipinski definition) is 8. The van der Waals surface area contributed by atoms with Gasteiger partial charge in [-0.15, -0.1) is 0 Å². The molecule has 0 amide bonds. The molecule has 1 fully saturated rings. The Bertz CT molecular complexity index is 1190. The lowest BCUT2D eigenvalue weighted by molar-refractivity contribution is -0.140. The predicted molar refractivity (Wildman–Crippen MR) is 140 cm³/mol. The van der Waals surface area contributed by atoms with Crippen LogP contribution in [0.4, 0.5) is 29.0 Å². The summed E-state index contributed by atoms with van der Waals surface area (Å²) < 4.78 is 53.1. The number of piperazine rings is 1. The van der Waals surface area contributed by atoms with Gasteiger partial charge in [-0.3, -0.25) is 4.90 Å². The fourth-order valence-corrected chi connectivity index (χ4v) is 5.17. The van der Waals surface area contributed by atoms with Gasteiger partial charge in [-0.2, -0.15) is 13.2 Å². The number of hydrogen-bond donors (Lipinski definition) is 1. The SMILES string of the molecule is COCCN1CCN(c2sc(Nc3cccnc3Oc3ccccc3C(C)(C)C)nc2C(F)(F)F)CC1. The first-order valence-electron chi connectivity index (χ1n) is 12.1. The van der Waals surface area contributed by atoms with Crippen molar-refractivity contribution in [2.45, 2.75) is 32.4 Å². The number of benzene rings is 1. The van der Waals surface area contributed by atoms with Gasteiger partial charge in [-0.1, -0.05) is 50.3 Å². The van der Waals surface area contributed by atoms with Gasteiger partial charge in [0.1, 0.15) is 16.4 Å². The summed E-state index contributed by atoms with van der Waals surface area (Å²) in [6, 6.07) is 11.1. The summed E-state index contributed by atoms with van der Waals surface area (Å²) in [5, 5.41) is 3.27. The number of para-hydroxylation sites is 1. The number of rotatable bonds is 8. The van der Waals surface area contributed by atoms with Gasteiger partial charge in [-0.05, 0) is 23.6 Å². The van der Waals surface area contributed by atoms with Crippen molar-refractivity contribution in [3.05, 3.63) is 53.9 Å². The van der Waals surface area contributed by atoms with Crippen LogP contribution in [-0.4, -0.2) is 61.3 Å². The smallest absolute Gasteiger partial charge is 0.436 e. The molecular formula is C26H32F3N5O2S. The number of ether oxygens (including phenoxy) is 2. The maximum absolute atomic E-state index is 13.9. The van der Waals surface area contributed by atoms with Crippen LogP contribution in [-0.2, 0) is 16.3 Å². The molecule has 3 heterocycles. The molecule has 0 radical (unpaired) electrons. The molecule has 1 aliphatic rings. The van der Waals surface area contributed by atoms with E-state index in [1.54, 1.807) is 30.3 Å². The molecule has 1 N–H and O–H groups in total. The monoisotopic (exact) mass is 535 g/mol. The van der Waals surface area contributed by atoms with E-state index < -0.39 is 11.9 Å². The number of nitrogens with one attached hydrogen (secondary N) is 1. The zero-order chi connectivity index (χ0) is 26.6. The van der Waals surface area contributed by atoms with E-state index in [0.29, 0.717) is 44.2 Å². The molecule has 1 saturated heterocycles. The fourth-order valence-electron chi connectivity index (χ4n) is 4.12. The van der Waals surface area contributed by atoms with Gasteiger partial charge in [0.15, 0.2) is 10.8 Å². The molecule has 7 nitrogen and oxygen atoms in total. The third-order valence-corrected chi connectivity index (χ3v) is 7.09. The largest absolute Gasteiger partial charge is 0.437 e. The van der Waals surface area contributed by atoms with Crippen molar-refractivity contribution >= 4 is 27.2 Å². The third kappa shape index (κ3) is 6.71. The van der Waals surface area contributed by atoms with Gasteiger partial charge in [0.2, 0.25) is 5.88 Å². The average Bonchev–Trinajstić information content (AvgIpc) is 3.28. The van der Waals surface area contributed by atoms with Crippen LogP contribution < -0.4 is 15.0 Å². The summed E-state index contributed by atoms with van der Waals surface area (Å²) in [6.07, 6.45) is -2.99. The summed E-state index contributed by atoms with van der Waals surface area (Å²) in [5.41, 5.74) is 0.379. The van der Waals surface area contributed by atoms with E-state index in [-0.39, 0.29) is 21.4 Å². The summed E-state index contributed by atoms with van der Waals surface area (Å²) >= 11 is 0.986. The van der Waals surface area contributed by atoms with Crippen molar-refractivity contribution in [1.29, 1.82) is 0 Å². The number of thiazole rings is 1. The van der Waals surface area contributed by atoms with Gasteiger partial charge >= 0.3 is 6.18 Å². The van der Waals surface area contributed by atoms with Crippen molar-refractivity contribution in [3.8, 4) is 11.6 Å². The summed E-state index contributed by atoms with van der Waals surface area (Å²) in [4.78, 5) is 12.2. The molecule has 37 heavy (non-hydrogen) atoms. The zero-order valence-electron chi connectivity index (χ0n) is 21.4. The Balaban J connectivity index is 1.57. The van der Waals surface area contributed by atoms with E-state index >= 15 is 0 Å². The first-order valence-corrected chi connectivity index (χ1v) is 12.9. The minimum absolute atomic E-state index is 0.117. The molecule has 0 saturated carbocycles. The topological polar surface area (TPSA) is 62.8 Å². The molecule has 0 atom stereocenters.